The third-order valence-corrected chi connectivity index (χ3v) is 5.61. The topological polar surface area (TPSA) is 55.8 Å². The van der Waals surface area contributed by atoms with E-state index in [0.717, 1.165) is 41.5 Å². The lowest BCUT2D eigenvalue weighted by atomic mass is 9.70. The van der Waals surface area contributed by atoms with E-state index >= 15 is 0 Å². The Labute approximate surface area is 157 Å². The maximum atomic E-state index is 13.2. The number of Topliss-reactive ketones (excluding diaryl/α,β-unsaturated/α-hetero) is 1. The molecule has 0 radical (unpaired) electrons. The first-order chi connectivity index (χ1) is 12.3. The molecule has 2 rings (SSSR count). The Morgan fingerprint density at radius 3 is 2.46 bits per heavy atom. The van der Waals surface area contributed by atoms with Crippen molar-refractivity contribution in [3.8, 4) is 11.5 Å². The molecule has 1 aromatic rings. The Kier molecular flexibility index (Phi) is 6.51. The van der Waals surface area contributed by atoms with Crippen molar-refractivity contribution in [2.75, 3.05) is 20.8 Å². The lowest BCUT2D eigenvalue weighted by Crippen LogP contribution is -2.27. The van der Waals surface area contributed by atoms with E-state index in [2.05, 4.69) is 20.8 Å². The number of aliphatic hydroxyl groups is 1. The molecule has 4 nitrogen and oxygen atoms in total. The Bertz CT molecular complexity index is 713. The van der Waals surface area contributed by atoms with Crippen LogP contribution in [-0.4, -0.2) is 31.7 Å². The molecule has 0 atom stereocenters. The monoisotopic (exact) mass is 360 g/mol. The zero-order valence-corrected chi connectivity index (χ0v) is 17.0. The first-order valence-corrected chi connectivity index (χ1v) is 9.34. The molecule has 0 bridgehead atoms. The first kappa shape index (κ1) is 20.5. The van der Waals surface area contributed by atoms with Crippen LogP contribution in [0.5, 0.6) is 11.5 Å². The van der Waals surface area contributed by atoms with Gasteiger partial charge >= 0.3 is 0 Å². The molecule has 0 aromatic heterocycles. The van der Waals surface area contributed by atoms with Gasteiger partial charge in [0.25, 0.3) is 0 Å². The van der Waals surface area contributed by atoms with Crippen LogP contribution in [0.4, 0.5) is 0 Å². The highest BCUT2D eigenvalue weighted by Crippen LogP contribution is 2.42. The van der Waals surface area contributed by atoms with Gasteiger partial charge in [-0.15, -0.1) is 0 Å². The Morgan fingerprint density at radius 1 is 1.23 bits per heavy atom. The van der Waals surface area contributed by atoms with E-state index in [9.17, 15) is 9.90 Å². The maximum absolute atomic E-state index is 13.2. The van der Waals surface area contributed by atoms with Gasteiger partial charge in [0.05, 0.1) is 14.2 Å². The molecule has 0 fully saturated rings. The summed E-state index contributed by atoms with van der Waals surface area (Å²) in [5.41, 5.74) is 4.99. The number of hydrogen-bond acceptors (Lipinski definition) is 4. The molecule has 26 heavy (non-hydrogen) atoms. The lowest BCUT2D eigenvalue weighted by Gasteiger charge is -2.33. The third kappa shape index (κ3) is 3.96. The number of ketones is 1. The number of ether oxygens (including phenoxy) is 2. The van der Waals surface area contributed by atoms with Gasteiger partial charge in [-0.3, -0.25) is 4.79 Å². The average molecular weight is 360 g/mol. The van der Waals surface area contributed by atoms with Crippen LogP contribution >= 0.6 is 0 Å². The molecule has 0 spiro atoms. The number of carbonyl (C=O) groups is 1. The predicted octanol–water partition coefficient (Wildman–Crippen LogP) is 4.19. The summed E-state index contributed by atoms with van der Waals surface area (Å²) < 4.78 is 11.0. The fourth-order valence-corrected chi connectivity index (χ4v) is 4.32. The number of allylic oxidation sites excluding steroid dienone is 2. The highest BCUT2D eigenvalue weighted by molar-refractivity contribution is 5.99. The van der Waals surface area contributed by atoms with E-state index < -0.39 is 0 Å². The molecule has 1 aromatic carbocycles. The quantitative estimate of drug-likeness (QED) is 0.792. The summed E-state index contributed by atoms with van der Waals surface area (Å²) in [6, 6.07) is 1.90. The van der Waals surface area contributed by atoms with Crippen LogP contribution in [0.25, 0.3) is 0 Å². The van der Waals surface area contributed by atoms with E-state index in [1.165, 1.54) is 5.57 Å². The van der Waals surface area contributed by atoms with Crippen LogP contribution in [-0.2, 0) is 17.6 Å². The van der Waals surface area contributed by atoms with E-state index in [4.69, 9.17) is 9.47 Å². The van der Waals surface area contributed by atoms with E-state index in [0.29, 0.717) is 24.3 Å². The van der Waals surface area contributed by atoms with Gasteiger partial charge in [0.1, 0.15) is 0 Å². The summed E-state index contributed by atoms with van der Waals surface area (Å²) in [7, 11) is 3.19. The van der Waals surface area contributed by atoms with Gasteiger partial charge in [0.15, 0.2) is 17.3 Å². The third-order valence-electron chi connectivity index (χ3n) is 5.61. The number of methoxy groups -OCH3 is 2. The minimum atomic E-state index is -0.0716. The summed E-state index contributed by atoms with van der Waals surface area (Å²) in [6.07, 6.45) is 4.02. The molecule has 1 aliphatic carbocycles. The number of carbonyl (C=O) groups excluding carboxylic acids is 1. The molecular weight excluding hydrogens is 328 g/mol. The van der Waals surface area contributed by atoms with Gasteiger partial charge in [0.2, 0.25) is 0 Å². The summed E-state index contributed by atoms with van der Waals surface area (Å²) in [4.78, 5) is 13.2. The van der Waals surface area contributed by atoms with Crippen molar-refractivity contribution >= 4 is 5.78 Å². The van der Waals surface area contributed by atoms with Crippen LogP contribution in [0.15, 0.2) is 17.2 Å². The zero-order valence-electron chi connectivity index (χ0n) is 17.0. The highest BCUT2D eigenvalue weighted by atomic mass is 16.5. The normalized spacial score (nSPS) is 16.6. The molecule has 0 heterocycles. The second kappa shape index (κ2) is 8.26. The zero-order chi connectivity index (χ0) is 19.5. The minimum absolute atomic E-state index is 0.0229. The Balaban J connectivity index is 2.46. The number of benzene rings is 1. The number of aliphatic hydroxyl groups excluding tert-OH is 1. The van der Waals surface area contributed by atoms with Crippen LogP contribution in [0.1, 0.15) is 56.7 Å². The minimum Gasteiger partial charge on any atom is -0.493 e. The van der Waals surface area contributed by atoms with E-state index in [1.807, 2.05) is 13.0 Å². The van der Waals surface area contributed by atoms with Gasteiger partial charge in [-0.2, -0.15) is 0 Å². The molecular formula is C22H32O4. The summed E-state index contributed by atoms with van der Waals surface area (Å²) >= 11 is 0. The highest BCUT2D eigenvalue weighted by Gasteiger charge is 2.33. The Hall–Kier alpha value is -1.81. The predicted molar refractivity (Wildman–Crippen MR) is 104 cm³/mol. The Morgan fingerprint density at radius 2 is 1.92 bits per heavy atom. The fraction of sp³-hybridized carbons (Fsp3) is 0.591. The fourth-order valence-electron chi connectivity index (χ4n) is 4.32. The molecule has 1 aliphatic rings. The van der Waals surface area contributed by atoms with E-state index in [1.54, 1.807) is 14.2 Å². The first-order valence-electron chi connectivity index (χ1n) is 9.34. The molecule has 0 saturated carbocycles. The summed E-state index contributed by atoms with van der Waals surface area (Å²) in [6.45, 7) is 8.44. The molecule has 0 amide bonds. The van der Waals surface area contributed by atoms with Crippen LogP contribution in [0.2, 0.25) is 0 Å². The number of rotatable bonds is 7. The standard InChI is InChI=1S/C22H32O4/c1-14-8-7-10-22(3,4)20(14)18(24)12-16-13-19(25-5)21(26-6)17(9-11-23)15(16)2/h13,23H,7-12H2,1-6H3. The van der Waals surface area contributed by atoms with Gasteiger partial charge in [-0.05, 0) is 62.1 Å². The number of hydrogen-bond donors (Lipinski definition) is 1. The van der Waals surface area contributed by atoms with Crippen molar-refractivity contribution in [2.24, 2.45) is 5.41 Å². The van der Waals surface area contributed by atoms with Crippen molar-refractivity contribution in [2.45, 2.75) is 59.8 Å². The van der Waals surface area contributed by atoms with Crippen molar-refractivity contribution in [3.05, 3.63) is 33.9 Å². The van der Waals surface area contributed by atoms with Crippen molar-refractivity contribution in [1.29, 1.82) is 0 Å². The molecule has 144 valence electrons. The van der Waals surface area contributed by atoms with Crippen molar-refractivity contribution in [1.82, 2.24) is 0 Å². The molecule has 4 heteroatoms. The van der Waals surface area contributed by atoms with Crippen LogP contribution in [0, 0.1) is 12.3 Å². The van der Waals surface area contributed by atoms with Crippen LogP contribution in [0.3, 0.4) is 0 Å². The van der Waals surface area contributed by atoms with Gasteiger partial charge in [-0.1, -0.05) is 19.4 Å². The van der Waals surface area contributed by atoms with Gasteiger partial charge in [-0.25, -0.2) is 0 Å². The largest absolute Gasteiger partial charge is 0.493 e. The van der Waals surface area contributed by atoms with Crippen LogP contribution < -0.4 is 9.47 Å². The van der Waals surface area contributed by atoms with Gasteiger partial charge in [0, 0.05) is 24.2 Å². The van der Waals surface area contributed by atoms with E-state index in [-0.39, 0.29) is 17.8 Å². The average Bonchev–Trinajstić information content (AvgIpc) is 2.57. The van der Waals surface area contributed by atoms with Gasteiger partial charge < -0.3 is 14.6 Å². The molecule has 0 aliphatic heterocycles. The van der Waals surface area contributed by atoms with Crippen molar-refractivity contribution in [3.63, 3.8) is 0 Å². The lowest BCUT2D eigenvalue weighted by molar-refractivity contribution is -0.116. The second-order valence-corrected chi connectivity index (χ2v) is 7.84. The second-order valence-electron chi connectivity index (χ2n) is 7.84. The maximum Gasteiger partial charge on any atom is 0.164 e. The summed E-state index contributed by atoms with van der Waals surface area (Å²) in [5.74, 6) is 1.44. The summed E-state index contributed by atoms with van der Waals surface area (Å²) in [5, 5.41) is 9.44. The SMILES string of the molecule is COc1cc(CC(=O)C2=C(C)CCCC2(C)C)c(C)c(CCO)c1OC. The molecule has 0 saturated heterocycles. The molecule has 1 N–H and O–H groups in total. The van der Waals surface area contributed by atoms with Crippen molar-refractivity contribution < 1.29 is 19.4 Å². The molecule has 0 unspecified atom stereocenters. The smallest absolute Gasteiger partial charge is 0.164 e.